The molecule has 82 valence electrons. The highest BCUT2D eigenvalue weighted by Crippen LogP contribution is 2.30. The fraction of sp³-hybridized carbons (Fsp3) is 0.111. The fourth-order valence-electron chi connectivity index (χ4n) is 1.53. The number of nitrogens with zero attached hydrogens (tertiary/aromatic N) is 3. The van der Waals surface area contributed by atoms with Crippen molar-refractivity contribution in [3.05, 3.63) is 29.8 Å². The van der Waals surface area contributed by atoms with Gasteiger partial charge in [0.1, 0.15) is 4.90 Å². The number of amides is 1. The lowest BCUT2D eigenvalue weighted by molar-refractivity contribution is -0.116. The fourth-order valence-corrected chi connectivity index (χ4v) is 2.95. The summed E-state index contributed by atoms with van der Waals surface area (Å²) in [6.07, 6.45) is 0. The number of para-hydroxylation sites is 1. The van der Waals surface area contributed by atoms with Gasteiger partial charge in [0, 0.05) is 7.05 Å². The van der Waals surface area contributed by atoms with E-state index in [2.05, 4.69) is 4.79 Å². The number of hydrogen-bond donors (Lipinski definition) is 0. The third-order valence-electron chi connectivity index (χ3n) is 2.35. The number of anilines is 1. The molecule has 2 rings (SSSR count). The van der Waals surface area contributed by atoms with Crippen LogP contribution < -0.4 is 4.90 Å². The second-order valence-electron chi connectivity index (χ2n) is 3.24. The molecule has 0 N–H and O–H groups in total. The molecule has 1 heterocycles. The zero-order valence-corrected chi connectivity index (χ0v) is 9.10. The smallest absolute Gasteiger partial charge is 0.360 e. The van der Waals surface area contributed by atoms with E-state index in [0.717, 1.165) is 4.90 Å². The first kappa shape index (κ1) is 10.5. The minimum absolute atomic E-state index is 0.0371. The van der Waals surface area contributed by atoms with Crippen LogP contribution in [0.25, 0.3) is 5.53 Å². The predicted molar refractivity (Wildman–Crippen MR) is 55.7 cm³/mol. The second-order valence-corrected chi connectivity index (χ2v) is 5.07. The molecule has 1 aromatic rings. The van der Waals surface area contributed by atoms with Gasteiger partial charge in [-0.15, -0.1) is 4.79 Å². The van der Waals surface area contributed by atoms with Crippen molar-refractivity contribution in [1.29, 1.82) is 0 Å². The zero-order valence-electron chi connectivity index (χ0n) is 8.28. The van der Waals surface area contributed by atoms with Gasteiger partial charge in [-0.2, -0.15) is 0 Å². The van der Waals surface area contributed by atoms with E-state index in [9.17, 15) is 13.2 Å². The molecule has 0 spiro atoms. The van der Waals surface area contributed by atoms with Crippen LogP contribution in [0.4, 0.5) is 5.69 Å². The van der Waals surface area contributed by atoms with Gasteiger partial charge >= 0.3 is 11.0 Å². The Kier molecular flexibility index (Phi) is 2.15. The van der Waals surface area contributed by atoms with Gasteiger partial charge in [-0.1, -0.05) is 12.1 Å². The summed E-state index contributed by atoms with van der Waals surface area (Å²) in [5.74, 6) is -0.846. The number of rotatable bonds is 0. The summed E-state index contributed by atoms with van der Waals surface area (Å²) in [6, 6.07) is 6.03. The Bertz CT molecular complexity index is 629. The first-order valence-electron chi connectivity index (χ1n) is 4.34. The number of carbonyl (C=O) groups is 1. The molecule has 0 radical (unpaired) electrons. The quantitative estimate of drug-likeness (QED) is 0.472. The van der Waals surface area contributed by atoms with Gasteiger partial charge in [0.15, 0.2) is 0 Å². The van der Waals surface area contributed by atoms with Crippen molar-refractivity contribution >= 4 is 26.5 Å². The average molecular weight is 237 g/mol. The van der Waals surface area contributed by atoms with Gasteiger partial charge in [0.2, 0.25) is 0 Å². The van der Waals surface area contributed by atoms with Gasteiger partial charge in [0.25, 0.3) is 9.84 Å². The van der Waals surface area contributed by atoms with Gasteiger partial charge < -0.3 is 10.4 Å². The summed E-state index contributed by atoms with van der Waals surface area (Å²) in [5, 5.41) is -0.853. The second kappa shape index (κ2) is 3.26. The molecule has 1 aromatic carbocycles. The highest BCUT2D eigenvalue weighted by Gasteiger charge is 2.46. The summed E-state index contributed by atoms with van der Waals surface area (Å²) < 4.78 is 23.7. The lowest BCUT2D eigenvalue weighted by Crippen LogP contribution is -2.43. The Morgan fingerprint density at radius 2 is 1.94 bits per heavy atom. The minimum atomic E-state index is -4.01. The van der Waals surface area contributed by atoms with Gasteiger partial charge in [-0.25, -0.2) is 8.42 Å². The molecule has 0 atom stereocenters. The highest BCUT2D eigenvalue weighted by atomic mass is 32.2. The Morgan fingerprint density at radius 3 is 2.56 bits per heavy atom. The normalized spacial score (nSPS) is 17.9. The van der Waals surface area contributed by atoms with E-state index in [4.69, 9.17) is 5.53 Å². The Hall–Kier alpha value is -1.98. The van der Waals surface area contributed by atoms with Gasteiger partial charge in [-0.3, -0.25) is 4.79 Å². The molecule has 16 heavy (non-hydrogen) atoms. The maximum Gasteiger partial charge on any atom is 0.474 e. The van der Waals surface area contributed by atoms with Crippen LogP contribution in [0.3, 0.4) is 0 Å². The lowest BCUT2D eigenvalue weighted by Gasteiger charge is -2.21. The van der Waals surface area contributed by atoms with E-state index >= 15 is 0 Å². The number of sulfone groups is 1. The van der Waals surface area contributed by atoms with Crippen LogP contribution in [0.2, 0.25) is 0 Å². The molecule has 0 saturated carbocycles. The van der Waals surface area contributed by atoms with Crippen molar-refractivity contribution < 1.29 is 18.0 Å². The van der Waals surface area contributed by atoms with Crippen molar-refractivity contribution in [1.82, 2.24) is 0 Å². The van der Waals surface area contributed by atoms with Crippen LogP contribution in [0, 0.1) is 0 Å². The molecule has 1 aliphatic heterocycles. The topological polar surface area (TPSA) is 90.8 Å². The van der Waals surface area contributed by atoms with Crippen molar-refractivity contribution in [2.45, 2.75) is 4.90 Å². The van der Waals surface area contributed by atoms with E-state index in [-0.39, 0.29) is 10.6 Å². The highest BCUT2D eigenvalue weighted by molar-refractivity contribution is 8.08. The molecular formula is C9H7N3O3S. The van der Waals surface area contributed by atoms with Crippen LogP contribution in [0.5, 0.6) is 0 Å². The zero-order chi connectivity index (χ0) is 11.9. The summed E-state index contributed by atoms with van der Waals surface area (Å²) in [5.41, 5.74) is 8.88. The maximum absolute atomic E-state index is 11.9. The van der Waals surface area contributed by atoms with Crippen molar-refractivity contribution in [2.75, 3.05) is 11.9 Å². The molecule has 0 saturated heterocycles. The molecule has 7 heteroatoms. The monoisotopic (exact) mass is 237 g/mol. The molecule has 0 fully saturated rings. The Balaban J connectivity index is 2.89. The third-order valence-corrected chi connectivity index (χ3v) is 4.04. The molecular weight excluding hydrogens is 230 g/mol. The third kappa shape index (κ3) is 1.19. The van der Waals surface area contributed by atoms with Gasteiger partial charge in [0.05, 0.1) is 5.69 Å². The average Bonchev–Trinajstić information content (AvgIpc) is 2.27. The Morgan fingerprint density at radius 1 is 1.31 bits per heavy atom. The largest absolute Gasteiger partial charge is 0.474 e. The molecule has 0 unspecified atom stereocenters. The lowest BCUT2D eigenvalue weighted by atomic mass is 10.3. The number of benzene rings is 1. The number of fused-ring (bicyclic) bond motifs is 1. The van der Waals surface area contributed by atoms with Crippen LogP contribution >= 0.6 is 0 Å². The van der Waals surface area contributed by atoms with Crippen LogP contribution in [0.1, 0.15) is 0 Å². The van der Waals surface area contributed by atoms with Crippen LogP contribution in [0.15, 0.2) is 29.2 Å². The summed E-state index contributed by atoms with van der Waals surface area (Å²) >= 11 is 0. The number of hydrogen-bond acceptors (Lipinski definition) is 3. The van der Waals surface area contributed by atoms with Gasteiger partial charge in [-0.05, 0) is 12.1 Å². The van der Waals surface area contributed by atoms with Crippen LogP contribution in [-0.4, -0.2) is 31.2 Å². The van der Waals surface area contributed by atoms with E-state index in [0.29, 0.717) is 0 Å². The first-order valence-corrected chi connectivity index (χ1v) is 5.82. The first-order chi connectivity index (χ1) is 7.50. The Labute approximate surface area is 91.6 Å². The van der Waals surface area contributed by atoms with Crippen molar-refractivity contribution in [3.63, 3.8) is 0 Å². The summed E-state index contributed by atoms with van der Waals surface area (Å²) in [6.45, 7) is 0. The molecule has 0 aromatic heterocycles. The minimum Gasteiger partial charge on any atom is -0.360 e. The molecule has 1 amide bonds. The predicted octanol–water partition coefficient (Wildman–Crippen LogP) is 0.0650. The standard InChI is InChI=1S/C9H7N3O3S/c1-12-6-4-2-3-5-7(6)16(14,15)8(11-10)9(12)13/h2-5H,1H3. The van der Waals surface area contributed by atoms with E-state index in [1.165, 1.54) is 25.2 Å². The summed E-state index contributed by atoms with van der Waals surface area (Å²) in [7, 11) is -2.59. The van der Waals surface area contributed by atoms with Crippen LogP contribution in [-0.2, 0) is 14.6 Å². The molecule has 0 bridgehead atoms. The molecule has 1 aliphatic rings. The van der Waals surface area contributed by atoms with Crippen molar-refractivity contribution in [3.8, 4) is 0 Å². The molecule has 6 nitrogen and oxygen atoms in total. The molecule has 0 aliphatic carbocycles. The number of carbonyl (C=O) groups excluding carboxylic acids is 1. The SMILES string of the molecule is CN1C(=O)C(=[N+]=[N-])S(=O)(=O)c2ccccc21. The summed E-state index contributed by atoms with van der Waals surface area (Å²) in [4.78, 5) is 15.3. The van der Waals surface area contributed by atoms with E-state index < -0.39 is 20.8 Å². The van der Waals surface area contributed by atoms with E-state index in [1.807, 2.05) is 0 Å². The van der Waals surface area contributed by atoms with Crippen molar-refractivity contribution in [2.24, 2.45) is 0 Å². The van der Waals surface area contributed by atoms with E-state index in [1.54, 1.807) is 6.07 Å². The maximum atomic E-state index is 11.9.